The van der Waals surface area contributed by atoms with Gasteiger partial charge >= 0.3 is 0 Å². The van der Waals surface area contributed by atoms with Crippen LogP contribution in [0.25, 0.3) is 17.3 Å². The molecule has 0 unspecified atom stereocenters. The molecule has 0 aliphatic heterocycles. The van der Waals surface area contributed by atoms with Gasteiger partial charge in [0.15, 0.2) is 0 Å². The summed E-state index contributed by atoms with van der Waals surface area (Å²) in [5.41, 5.74) is 3.15. The van der Waals surface area contributed by atoms with E-state index < -0.39 is 0 Å². The summed E-state index contributed by atoms with van der Waals surface area (Å²) in [4.78, 5) is 12.8. The zero-order valence-electron chi connectivity index (χ0n) is 19.9. The molecular formula is C25H35N5O2. The summed E-state index contributed by atoms with van der Waals surface area (Å²) in [6.07, 6.45) is 5.44. The van der Waals surface area contributed by atoms with Crippen LogP contribution in [0.5, 0.6) is 0 Å². The summed E-state index contributed by atoms with van der Waals surface area (Å²) in [7, 11) is 0. The molecule has 1 atom stereocenters. The van der Waals surface area contributed by atoms with Gasteiger partial charge in [-0.2, -0.15) is 5.10 Å². The van der Waals surface area contributed by atoms with Crippen molar-refractivity contribution in [2.75, 3.05) is 6.54 Å². The minimum atomic E-state index is -0.0490. The van der Waals surface area contributed by atoms with Crippen LogP contribution in [0.2, 0.25) is 0 Å². The second kappa shape index (κ2) is 11.1. The third-order valence-corrected chi connectivity index (χ3v) is 5.59. The first kappa shape index (κ1) is 23.7. The number of unbranched alkanes of at least 4 members (excludes halogenated alkanes) is 1. The van der Waals surface area contributed by atoms with E-state index in [0.717, 1.165) is 30.6 Å². The number of amides is 1. The molecule has 0 aliphatic rings. The lowest BCUT2D eigenvalue weighted by molar-refractivity contribution is 0.0945. The predicted octanol–water partition coefficient (Wildman–Crippen LogP) is 5.38. The van der Waals surface area contributed by atoms with Crippen molar-refractivity contribution < 1.29 is 9.21 Å². The van der Waals surface area contributed by atoms with Gasteiger partial charge in [-0.3, -0.25) is 4.79 Å². The van der Waals surface area contributed by atoms with Crippen LogP contribution < -0.4 is 5.32 Å². The van der Waals surface area contributed by atoms with Crippen molar-refractivity contribution in [2.24, 2.45) is 11.8 Å². The van der Waals surface area contributed by atoms with E-state index in [2.05, 4.69) is 43.2 Å². The molecule has 0 fully saturated rings. The fourth-order valence-corrected chi connectivity index (χ4v) is 3.77. The summed E-state index contributed by atoms with van der Waals surface area (Å²) in [6.45, 7) is 11.2. The molecular weight excluding hydrogens is 402 g/mol. The van der Waals surface area contributed by atoms with Crippen molar-refractivity contribution in [1.29, 1.82) is 0 Å². The normalized spacial score (nSPS) is 12.3. The Morgan fingerprint density at radius 2 is 2.00 bits per heavy atom. The molecule has 0 saturated heterocycles. The molecule has 32 heavy (non-hydrogen) atoms. The number of rotatable bonds is 11. The molecule has 1 N–H and O–H groups in total. The number of benzene rings is 1. The molecule has 3 aromatic rings. The maximum atomic E-state index is 12.8. The van der Waals surface area contributed by atoms with E-state index in [1.54, 1.807) is 6.92 Å². The Labute approximate surface area is 190 Å². The number of aromatic nitrogens is 4. The van der Waals surface area contributed by atoms with Gasteiger partial charge in [0.25, 0.3) is 11.8 Å². The van der Waals surface area contributed by atoms with Gasteiger partial charge in [0.05, 0.1) is 5.69 Å². The van der Waals surface area contributed by atoms with Crippen molar-refractivity contribution in [1.82, 2.24) is 25.3 Å². The number of nitrogens with one attached hydrogen (secondary N) is 1. The number of aryl methyl sites for hydroxylation is 1. The fourth-order valence-electron chi connectivity index (χ4n) is 3.77. The lowest BCUT2D eigenvalue weighted by atomic mass is 9.99. The lowest BCUT2D eigenvalue weighted by Gasteiger charge is -2.15. The molecule has 0 aliphatic carbocycles. The first-order valence-corrected chi connectivity index (χ1v) is 11.7. The second-order valence-corrected chi connectivity index (χ2v) is 8.83. The topological polar surface area (TPSA) is 85.8 Å². The molecule has 2 heterocycles. The highest BCUT2D eigenvalue weighted by molar-refractivity contribution is 5.94. The van der Waals surface area contributed by atoms with E-state index in [0.29, 0.717) is 41.4 Å². The number of nitrogens with zero attached hydrogens (tertiary/aromatic N) is 4. The van der Waals surface area contributed by atoms with Gasteiger partial charge < -0.3 is 9.73 Å². The Morgan fingerprint density at radius 3 is 2.66 bits per heavy atom. The van der Waals surface area contributed by atoms with Crippen LogP contribution in [0.3, 0.4) is 0 Å². The van der Waals surface area contributed by atoms with Gasteiger partial charge in [0.2, 0.25) is 5.89 Å². The maximum absolute atomic E-state index is 12.8. The second-order valence-electron chi connectivity index (χ2n) is 8.83. The van der Waals surface area contributed by atoms with Gasteiger partial charge in [-0.1, -0.05) is 53.0 Å². The van der Waals surface area contributed by atoms with Crippen molar-refractivity contribution in [2.45, 2.75) is 66.7 Å². The summed E-state index contributed by atoms with van der Waals surface area (Å²) in [6, 6.07) is 9.59. The highest BCUT2D eigenvalue weighted by atomic mass is 16.4. The molecule has 7 heteroatoms. The molecule has 0 saturated carbocycles. The Bertz CT molecular complexity index is 1020. The number of hydrogen-bond donors (Lipinski definition) is 1. The summed E-state index contributed by atoms with van der Waals surface area (Å²) >= 11 is 0. The van der Waals surface area contributed by atoms with Crippen LogP contribution in [-0.2, 0) is 6.42 Å². The van der Waals surface area contributed by atoms with Gasteiger partial charge in [-0.25, -0.2) is 4.68 Å². The molecule has 3 rings (SSSR count). The van der Waals surface area contributed by atoms with E-state index in [9.17, 15) is 4.79 Å². The average molecular weight is 438 g/mol. The minimum Gasteiger partial charge on any atom is -0.420 e. The third kappa shape index (κ3) is 6.05. The number of carbonyl (C=O) groups is 1. The van der Waals surface area contributed by atoms with Gasteiger partial charge in [-0.15, -0.1) is 10.2 Å². The first-order chi connectivity index (χ1) is 15.4. The Balaban J connectivity index is 1.83. The van der Waals surface area contributed by atoms with E-state index in [-0.39, 0.29) is 5.91 Å². The molecule has 0 bridgehead atoms. The van der Waals surface area contributed by atoms with Crippen LogP contribution in [0.1, 0.15) is 75.3 Å². The van der Waals surface area contributed by atoms with Gasteiger partial charge in [-0.05, 0) is 48.9 Å². The lowest BCUT2D eigenvalue weighted by Crippen LogP contribution is -2.29. The third-order valence-electron chi connectivity index (χ3n) is 5.59. The number of hydrogen-bond acceptors (Lipinski definition) is 5. The Morgan fingerprint density at radius 1 is 1.19 bits per heavy atom. The van der Waals surface area contributed by atoms with Gasteiger partial charge in [0, 0.05) is 24.7 Å². The van der Waals surface area contributed by atoms with E-state index >= 15 is 0 Å². The highest BCUT2D eigenvalue weighted by Crippen LogP contribution is 2.23. The molecule has 0 spiro atoms. The number of carbonyl (C=O) groups excluding carboxylic acids is 1. The summed E-state index contributed by atoms with van der Waals surface area (Å²) in [5, 5.41) is 15.9. The Kier molecular flexibility index (Phi) is 8.20. The molecule has 7 nitrogen and oxygen atoms in total. The van der Waals surface area contributed by atoms with E-state index in [1.165, 1.54) is 12.8 Å². The standard InChI is InChI=1S/C25H35N5O2/c1-6-8-10-19(7-2)16-26-24(31)20-11-9-12-21(14-20)30-22(13-17(3)4)15-23(29-30)25-28-27-18(5)32-25/h9,11-12,14-15,17,19H,6-8,10,13,16H2,1-5H3,(H,26,31)/t19-/m1/s1. The molecule has 0 radical (unpaired) electrons. The summed E-state index contributed by atoms with van der Waals surface area (Å²) in [5.74, 6) is 1.82. The van der Waals surface area contributed by atoms with Crippen LogP contribution in [0, 0.1) is 18.8 Å². The largest absolute Gasteiger partial charge is 0.420 e. The zero-order valence-corrected chi connectivity index (χ0v) is 19.9. The fraction of sp³-hybridized carbons (Fsp3) is 0.520. The van der Waals surface area contributed by atoms with Gasteiger partial charge in [0.1, 0.15) is 5.69 Å². The molecule has 1 aromatic carbocycles. The van der Waals surface area contributed by atoms with Crippen LogP contribution in [0.4, 0.5) is 0 Å². The SMILES string of the molecule is CCCC[C@@H](CC)CNC(=O)c1cccc(-n2nc(-c3nnc(C)o3)cc2CC(C)C)c1. The predicted molar refractivity (Wildman–Crippen MR) is 126 cm³/mol. The highest BCUT2D eigenvalue weighted by Gasteiger charge is 2.17. The van der Waals surface area contributed by atoms with Crippen molar-refractivity contribution >= 4 is 5.91 Å². The summed E-state index contributed by atoms with van der Waals surface area (Å²) < 4.78 is 7.45. The van der Waals surface area contributed by atoms with Crippen molar-refractivity contribution in [3.63, 3.8) is 0 Å². The van der Waals surface area contributed by atoms with Crippen molar-refractivity contribution in [3.05, 3.63) is 47.5 Å². The van der Waals surface area contributed by atoms with E-state index in [4.69, 9.17) is 9.52 Å². The van der Waals surface area contributed by atoms with Crippen LogP contribution in [0.15, 0.2) is 34.7 Å². The maximum Gasteiger partial charge on any atom is 0.268 e. The molecule has 172 valence electrons. The quantitative estimate of drug-likeness (QED) is 0.435. The first-order valence-electron chi connectivity index (χ1n) is 11.7. The van der Waals surface area contributed by atoms with E-state index in [1.807, 2.05) is 35.0 Å². The molecule has 2 aromatic heterocycles. The zero-order chi connectivity index (χ0) is 23.1. The molecule has 1 amide bonds. The van der Waals surface area contributed by atoms with Crippen molar-refractivity contribution in [3.8, 4) is 17.3 Å². The van der Waals surface area contributed by atoms with Crippen LogP contribution >= 0.6 is 0 Å². The Hall–Kier alpha value is -2.96. The average Bonchev–Trinajstić information content (AvgIpc) is 3.39. The minimum absolute atomic E-state index is 0.0490. The monoisotopic (exact) mass is 437 g/mol. The smallest absolute Gasteiger partial charge is 0.268 e. The van der Waals surface area contributed by atoms with Crippen LogP contribution in [-0.4, -0.2) is 32.4 Å².